The van der Waals surface area contributed by atoms with Gasteiger partial charge in [-0.2, -0.15) is 0 Å². The van der Waals surface area contributed by atoms with Crippen molar-refractivity contribution < 1.29 is 9.53 Å². The molecule has 0 unspecified atom stereocenters. The van der Waals surface area contributed by atoms with Crippen LogP contribution in [0.5, 0.6) is 5.75 Å². The minimum Gasteiger partial charge on any atom is -0.494 e. The first kappa shape index (κ1) is 20.7. The van der Waals surface area contributed by atoms with Crippen molar-refractivity contribution in [2.24, 2.45) is 0 Å². The van der Waals surface area contributed by atoms with Crippen LogP contribution >= 0.6 is 0 Å². The molecule has 0 atom stereocenters. The number of amides is 1. The van der Waals surface area contributed by atoms with E-state index in [1.165, 1.54) is 12.0 Å². The summed E-state index contributed by atoms with van der Waals surface area (Å²) in [6.07, 6.45) is 7.40. The summed E-state index contributed by atoms with van der Waals surface area (Å²) in [5.74, 6) is 0.646. The average molecular weight is 414 g/mol. The highest BCUT2D eigenvalue weighted by Crippen LogP contribution is 2.22. The van der Waals surface area contributed by atoms with E-state index in [2.05, 4.69) is 36.3 Å². The van der Waals surface area contributed by atoms with Crippen LogP contribution in [0.1, 0.15) is 42.1 Å². The number of hydrogen-bond donors (Lipinski definition) is 1. The molecular weight excluding hydrogens is 386 g/mol. The molecule has 0 bridgehead atoms. The number of aryl methyl sites for hydroxylation is 1. The summed E-state index contributed by atoms with van der Waals surface area (Å²) in [4.78, 5) is 17.2. The number of aromatic nitrogens is 2. The third-order valence-electron chi connectivity index (χ3n) is 5.19. The molecule has 1 amide bonds. The lowest BCUT2D eigenvalue weighted by Crippen LogP contribution is -2.11. The van der Waals surface area contributed by atoms with Crippen molar-refractivity contribution in [2.75, 3.05) is 11.9 Å². The number of carbonyl (C=O) groups is 1. The Bertz CT molecular complexity index is 1160. The number of ether oxygens (including phenoxy) is 1. The zero-order valence-electron chi connectivity index (χ0n) is 18.0. The second kappa shape index (κ2) is 9.47. The van der Waals surface area contributed by atoms with Crippen molar-refractivity contribution in [3.05, 3.63) is 84.2 Å². The van der Waals surface area contributed by atoms with Crippen LogP contribution in [-0.2, 0) is 0 Å². The molecule has 0 fully saturated rings. The smallest absolute Gasteiger partial charge is 0.255 e. The second-order valence-electron chi connectivity index (χ2n) is 7.71. The second-order valence-corrected chi connectivity index (χ2v) is 7.71. The Kier molecular flexibility index (Phi) is 6.32. The maximum atomic E-state index is 12.6. The number of imidazole rings is 1. The van der Waals surface area contributed by atoms with Crippen LogP contribution in [0.25, 0.3) is 16.9 Å². The fourth-order valence-electron chi connectivity index (χ4n) is 3.40. The van der Waals surface area contributed by atoms with Crippen LogP contribution in [0, 0.1) is 6.92 Å². The van der Waals surface area contributed by atoms with Crippen LogP contribution in [-0.4, -0.2) is 21.9 Å². The third kappa shape index (κ3) is 5.12. The van der Waals surface area contributed by atoms with Gasteiger partial charge in [0.1, 0.15) is 11.4 Å². The molecule has 0 radical (unpaired) electrons. The predicted molar refractivity (Wildman–Crippen MR) is 125 cm³/mol. The van der Waals surface area contributed by atoms with E-state index >= 15 is 0 Å². The lowest BCUT2D eigenvalue weighted by Gasteiger charge is -2.08. The lowest BCUT2D eigenvalue weighted by atomic mass is 10.1. The first-order chi connectivity index (χ1) is 15.1. The van der Waals surface area contributed by atoms with Gasteiger partial charge in [-0.3, -0.25) is 4.79 Å². The standard InChI is InChI=1S/C26H27N3O2/c1-3-4-5-16-31-23-12-8-21(9-13-23)26(30)27-22-10-6-20(7-11-22)24-18-29-15-14-19(2)17-25(29)28-24/h6-15,17-18H,3-5,16H2,1-2H3,(H,27,30). The van der Waals surface area contributed by atoms with Gasteiger partial charge in [0.05, 0.1) is 12.3 Å². The highest BCUT2D eigenvalue weighted by Gasteiger charge is 2.08. The van der Waals surface area contributed by atoms with Crippen molar-refractivity contribution in [2.45, 2.75) is 33.1 Å². The number of carbonyl (C=O) groups excluding carboxylic acids is 1. The Morgan fingerprint density at radius 2 is 1.81 bits per heavy atom. The summed E-state index contributed by atoms with van der Waals surface area (Å²) in [5.41, 5.74) is 5.35. The number of rotatable bonds is 8. The van der Waals surface area contributed by atoms with Gasteiger partial charge in [-0.05, 0) is 67.4 Å². The van der Waals surface area contributed by atoms with Crippen LogP contribution in [0.4, 0.5) is 5.69 Å². The number of pyridine rings is 1. The molecule has 2 heterocycles. The van der Waals surface area contributed by atoms with E-state index in [0.29, 0.717) is 12.2 Å². The van der Waals surface area contributed by atoms with Crippen LogP contribution < -0.4 is 10.1 Å². The van der Waals surface area contributed by atoms with E-state index in [1.54, 1.807) is 12.1 Å². The molecule has 2 aromatic heterocycles. The largest absolute Gasteiger partial charge is 0.494 e. The molecule has 0 saturated carbocycles. The molecule has 0 aliphatic heterocycles. The molecule has 0 aliphatic rings. The number of nitrogens with zero attached hydrogens (tertiary/aromatic N) is 2. The zero-order chi connectivity index (χ0) is 21.6. The SMILES string of the molecule is CCCCCOc1ccc(C(=O)Nc2ccc(-c3cn4ccc(C)cc4n3)cc2)cc1. The Labute approximate surface area is 182 Å². The van der Waals surface area contributed by atoms with Crippen molar-refractivity contribution >= 4 is 17.2 Å². The van der Waals surface area contributed by atoms with Crippen LogP contribution in [0.3, 0.4) is 0 Å². The molecule has 5 nitrogen and oxygen atoms in total. The van der Waals surface area contributed by atoms with E-state index in [9.17, 15) is 4.79 Å². The van der Waals surface area contributed by atoms with Crippen LogP contribution in [0.2, 0.25) is 0 Å². The quantitative estimate of drug-likeness (QED) is 0.354. The van der Waals surface area contributed by atoms with Crippen molar-refractivity contribution in [3.8, 4) is 17.0 Å². The fourth-order valence-corrected chi connectivity index (χ4v) is 3.40. The van der Waals surface area contributed by atoms with Gasteiger partial charge in [0.25, 0.3) is 5.91 Å². The van der Waals surface area contributed by atoms with Crippen molar-refractivity contribution in [1.82, 2.24) is 9.38 Å². The number of nitrogens with one attached hydrogen (secondary N) is 1. The molecule has 158 valence electrons. The number of fused-ring (bicyclic) bond motifs is 1. The van der Waals surface area contributed by atoms with Gasteiger partial charge in [-0.25, -0.2) is 4.98 Å². The van der Waals surface area contributed by atoms with Crippen LogP contribution in [0.15, 0.2) is 73.1 Å². The van der Waals surface area contributed by atoms with Gasteiger partial charge in [0.2, 0.25) is 0 Å². The van der Waals surface area contributed by atoms with Crippen molar-refractivity contribution in [1.29, 1.82) is 0 Å². The normalized spacial score (nSPS) is 10.9. The van der Waals surface area contributed by atoms with Gasteiger partial charge in [-0.1, -0.05) is 31.9 Å². The molecule has 5 heteroatoms. The van der Waals surface area contributed by atoms with E-state index in [-0.39, 0.29) is 5.91 Å². The molecule has 31 heavy (non-hydrogen) atoms. The average Bonchev–Trinajstić information content (AvgIpc) is 3.21. The van der Waals surface area contributed by atoms with E-state index in [4.69, 9.17) is 4.74 Å². The molecule has 0 aliphatic carbocycles. The first-order valence-corrected chi connectivity index (χ1v) is 10.7. The minimum atomic E-state index is -0.145. The maximum absolute atomic E-state index is 12.6. The Morgan fingerprint density at radius 3 is 2.55 bits per heavy atom. The topological polar surface area (TPSA) is 55.6 Å². The molecule has 2 aromatic carbocycles. The maximum Gasteiger partial charge on any atom is 0.255 e. The summed E-state index contributed by atoms with van der Waals surface area (Å²) < 4.78 is 7.71. The van der Waals surface area contributed by atoms with Crippen molar-refractivity contribution in [3.63, 3.8) is 0 Å². The Hall–Kier alpha value is -3.60. The summed E-state index contributed by atoms with van der Waals surface area (Å²) in [6, 6.07) is 19.1. The van der Waals surface area contributed by atoms with Gasteiger partial charge in [0.15, 0.2) is 0 Å². The number of unbranched alkanes of at least 4 members (excludes halogenated alkanes) is 2. The summed E-state index contributed by atoms with van der Waals surface area (Å²) >= 11 is 0. The van der Waals surface area contributed by atoms with E-state index in [0.717, 1.165) is 41.2 Å². The molecule has 4 aromatic rings. The third-order valence-corrected chi connectivity index (χ3v) is 5.19. The monoisotopic (exact) mass is 413 g/mol. The summed E-state index contributed by atoms with van der Waals surface area (Å²) in [5, 5.41) is 2.94. The number of benzene rings is 2. The van der Waals surface area contributed by atoms with Gasteiger partial charge in [0, 0.05) is 29.2 Å². The van der Waals surface area contributed by atoms with Gasteiger partial charge in [-0.15, -0.1) is 0 Å². The summed E-state index contributed by atoms with van der Waals surface area (Å²) in [7, 11) is 0. The Balaban J connectivity index is 1.38. The Morgan fingerprint density at radius 1 is 1.03 bits per heavy atom. The fraction of sp³-hybridized carbons (Fsp3) is 0.231. The zero-order valence-corrected chi connectivity index (χ0v) is 18.0. The highest BCUT2D eigenvalue weighted by atomic mass is 16.5. The van der Waals surface area contributed by atoms with E-state index in [1.807, 2.05) is 53.2 Å². The first-order valence-electron chi connectivity index (χ1n) is 10.7. The van der Waals surface area contributed by atoms with E-state index < -0.39 is 0 Å². The molecule has 4 rings (SSSR count). The summed E-state index contributed by atoms with van der Waals surface area (Å²) in [6.45, 7) is 4.93. The molecular formula is C26H27N3O2. The molecule has 0 spiro atoms. The van der Waals surface area contributed by atoms with Gasteiger partial charge < -0.3 is 14.5 Å². The number of anilines is 1. The molecule has 0 saturated heterocycles. The lowest BCUT2D eigenvalue weighted by molar-refractivity contribution is 0.102. The molecule has 1 N–H and O–H groups in total. The highest BCUT2D eigenvalue weighted by molar-refractivity contribution is 6.04. The predicted octanol–water partition coefficient (Wildman–Crippen LogP) is 6.13. The van der Waals surface area contributed by atoms with Gasteiger partial charge >= 0.3 is 0 Å². The number of hydrogen-bond acceptors (Lipinski definition) is 3. The minimum absolute atomic E-state index is 0.145.